The summed E-state index contributed by atoms with van der Waals surface area (Å²) in [5.41, 5.74) is 0. The number of hydrogen-bond donors (Lipinski definition) is 0. The number of nitrogens with zero attached hydrogens (tertiary/aromatic N) is 5. The van der Waals surface area contributed by atoms with Crippen LogP contribution in [0.15, 0.2) is 0 Å². The Bertz CT molecular complexity index is 291. The molecular weight excluding hydrogens is 197 g/mol. The summed E-state index contributed by atoms with van der Waals surface area (Å²) in [6, 6.07) is 0. The number of nitriles is 2. The number of rotatable bonds is 0. The van der Waals surface area contributed by atoms with Crippen LogP contribution < -0.4 is 0 Å². The van der Waals surface area contributed by atoms with E-state index in [1.165, 1.54) is 0 Å². The Balaban J connectivity index is 2.15. The molecule has 0 aromatic rings. The molecule has 2 rings (SSSR count). The Hall–Kier alpha value is -1.03. The van der Waals surface area contributed by atoms with Gasteiger partial charge in [-0.05, 0) is 0 Å². The van der Waals surface area contributed by atoms with Crippen molar-refractivity contribution in [1.29, 1.82) is 10.5 Å². The van der Waals surface area contributed by atoms with Gasteiger partial charge in [0.25, 0.3) is 0 Å². The van der Waals surface area contributed by atoms with E-state index in [0.29, 0.717) is 13.3 Å². The lowest BCUT2D eigenvalue weighted by molar-refractivity contribution is 0.128. The van der Waals surface area contributed by atoms with Crippen molar-refractivity contribution in [2.75, 3.05) is 38.9 Å². The molecule has 5 nitrogen and oxygen atoms in total. The van der Waals surface area contributed by atoms with Gasteiger partial charge in [0.05, 0.1) is 27.3 Å². The molecule has 2 fully saturated rings. The van der Waals surface area contributed by atoms with Crippen molar-refractivity contribution in [2.24, 2.45) is 0 Å². The molecule has 0 spiro atoms. The zero-order valence-electron chi connectivity index (χ0n) is 8.22. The molecule has 2 saturated heterocycles. The van der Waals surface area contributed by atoms with Crippen molar-refractivity contribution in [1.82, 2.24) is 14.7 Å². The normalized spacial score (nSPS) is 36.1. The minimum absolute atomic E-state index is 0.685. The van der Waals surface area contributed by atoms with E-state index in [4.69, 9.17) is 10.5 Å². The van der Waals surface area contributed by atoms with Crippen LogP contribution in [-0.4, -0.2) is 53.6 Å². The van der Waals surface area contributed by atoms with Crippen molar-refractivity contribution in [3.63, 3.8) is 0 Å². The van der Waals surface area contributed by atoms with Crippen LogP contribution in [0.1, 0.15) is 0 Å². The van der Waals surface area contributed by atoms with E-state index in [2.05, 4.69) is 24.0 Å². The second-order valence-electron chi connectivity index (χ2n) is 4.28. The smallest absolute Gasteiger partial charge is 0.183 e. The summed E-state index contributed by atoms with van der Waals surface area (Å²) in [5.74, 6) is 0. The molecule has 0 amide bonds. The molecule has 2 aliphatic heterocycles. The molecule has 0 aromatic carbocycles. The van der Waals surface area contributed by atoms with E-state index >= 15 is 0 Å². The van der Waals surface area contributed by atoms with Crippen molar-refractivity contribution in [3.05, 3.63) is 0 Å². The lowest BCUT2D eigenvalue weighted by Crippen LogP contribution is -2.53. The molecule has 0 aliphatic carbocycles. The van der Waals surface area contributed by atoms with E-state index in [-0.39, 0.29) is 0 Å². The summed E-state index contributed by atoms with van der Waals surface area (Å²) in [4.78, 5) is 5.81. The first-order chi connectivity index (χ1) is 6.65. The largest absolute Gasteiger partial charge is 0.263 e. The third-order valence-corrected chi connectivity index (χ3v) is 5.72. The highest BCUT2D eigenvalue weighted by Gasteiger charge is 2.46. The quantitative estimate of drug-likeness (QED) is 0.425. The van der Waals surface area contributed by atoms with E-state index in [9.17, 15) is 0 Å². The fourth-order valence-corrected chi connectivity index (χ4v) is 5.64. The van der Waals surface area contributed by atoms with Crippen LogP contribution in [0, 0.1) is 22.9 Å². The van der Waals surface area contributed by atoms with E-state index in [1.54, 1.807) is 0 Å². The van der Waals surface area contributed by atoms with Gasteiger partial charge in [0.2, 0.25) is 0 Å². The summed E-state index contributed by atoms with van der Waals surface area (Å²) in [6.45, 7) is 3.61. The molecule has 0 N–H and O–H groups in total. The van der Waals surface area contributed by atoms with Gasteiger partial charge in [-0.15, -0.1) is 0 Å². The zero-order valence-corrected chi connectivity index (χ0v) is 9.11. The minimum atomic E-state index is -1.13. The van der Waals surface area contributed by atoms with E-state index < -0.39 is 7.26 Å². The molecular formula is C8H13N5P+. The summed E-state index contributed by atoms with van der Waals surface area (Å²) < 4.78 is 0. The zero-order chi connectivity index (χ0) is 10.2. The average Bonchev–Trinajstić information content (AvgIpc) is 2.14. The molecule has 0 saturated carbocycles. The van der Waals surface area contributed by atoms with Crippen LogP contribution in [0.4, 0.5) is 0 Å². The Labute approximate surface area is 84.4 Å². The fourth-order valence-electron chi connectivity index (χ4n) is 2.27. The highest BCUT2D eigenvalue weighted by molar-refractivity contribution is 7.75. The Morgan fingerprint density at radius 2 is 1.50 bits per heavy atom. The number of hydrogen-bond acceptors (Lipinski definition) is 5. The molecule has 0 aromatic heterocycles. The SMILES string of the molecule is C[P+]12CN(C#N)CN(CN(C#N)C1)C2. The Morgan fingerprint density at radius 1 is 1.00 bits per heavy atom. The average molecular weight is 210 g/mol. The summed E-state index contributed by atoms with van der Waals surface area (Å²) in [6.07, 6.45) is 7.26. The maximum Gasteiger partial charge on any atom is 0.183 e. The van der Waals surface area contributed by atoms with Crippen molar-refractivity contribution in [3.8, 4) is 12.4 Å². The summed E-state index contributed by atoms with van der Waals surface area (Å²) in [7, 11) is -1.13. The molecule has 2 heterocycles. The second kappa shape index (κ2) is 3.28. The first kappa shape index (κ1) is 9.52. The second-order valence-corrected chi connectivity index (χ2v) is 8.36. The predicted molar refractivity (Wildman–Crippen MR) is 53.9 cm³/mol. The maximum absolute atomic E-state index is 8.87. The number of fused-ring (bicyclic) bond motifs is 2. The van der Waals surface area contributed by atoms with Crippen molar-refractivity contribution < 1.29 is 0 Å². The van der Waals surface area contributed by atoms with E-state index in [1.807, 2.05) is 9.80 Å². The molecule has 0 atom stereocenters. The first-order valence-corrected chi connectivity index (χ1v) is 7.30. The topological polar surface area (TPSA) is 57.3 Å². The third-order valence-electron chi connectivity index (χ3n) is 2.59. The van der Waals surface area contributed by atoms with Crippen LogP contribution in [0.25, 0.3) is 0 Å². The fraction of sp³-hybridized carbons (Fsp3) is 0.750. The summed E-state index contributed by atoms with van der Waals surface area (Å²) >= 11 is 0. The molecule has 14 heavy (non-hydrogen) atoms. The van der Waals surface area contributed by atoms with Crippen molar-refractivity contribution in [2.45, 2.75) is 0 Å². The van der Waals surface area contributed by atoms with Gasteiger partial charge in [0, 0.05) is 0 Å². The Morgan fingerprint density at radius 3 is 1.86 bits per heavy atom. The van der Waals surface area contributed by atoms with E-state index in [0.717, 1.165) is 18.9 Å². The van der Waals surface area contributed by atoms with Gasteiger partial charge in [-0.25, -0.2) is 4.90 Å². The molecule has 2 bridgehead atoms. The van der Waals surface area contributed by atoms with Crippen LogP contribution in [0.3, 0.4) is 0 Å². The van der Waals surface area contributed by atoms with Crippen LogP contribution in [0.5, 0.6) is 0 Å². The van der Waals surface area contributed by atoms with Gasteiger partial charge >= 0.3 is 0 Å². The first-order valence-electron chi connectivity index (χ1n) is 4.50. The van der Waals surface area contributed by atoms with Gasteiger partial charge in [0.15, 0.2) is 12.4 Å². The molecule has 0 unspecified atom stereocenters. The van der Waals surface area contributed by atoms with Crippen molar-refractivity contribution >= 4 is 7.26 Å². The molecule has 0 radical (unpaired) electrons. The van der Waals surface area contributed by atoms with Gasteiger partial charge in [-0.3, -0.25) is 9.80 Å². The molecule has 6 heteroatoms. The highest BCUT2D eigenvalue weighted by Crippen LogP contribution is 2.59. The predicted octanol–water partition coefficient (Wildman–Crippen LogP) is 0.317. The molecule has 74 valence electrons. The minimum Gasteiger partial charge on any atom is -0.263 e. The van der Waals surface area contributed by atoms with Gasteiger partial charge in [0.1, 0.15) is 18.9 Å². The van der Waals surface area contributed by atoms with Gasteiger partial charge in [-0.1, -0.05) is 0 Å². The van der Waals surface area contributed by atoms with Crippen LogP contribution >= 0.6 is 7.26 Å². The highest BCUT2D eigenvalue weighted by atomic mass is 31.2. The van der Waals surface area contributed by atoms with Gasteiger partial charge < -0.3 is 0 Å². The third kappa shape index (κ3) is 1.62. The Kier molecular flexibility index (Phi) is 2.23. The summed E-state index contributed by atoms with van der Waals surface area (Å²) in [5, 5.41) is 17.7. The molecule has 2 aliphatic rings. The lowest BCUT2D eigenvalue weighted by atomic mass is 10.7. The van der Waals surface area contributed by atoms with Gasteiger partial charge in [-0.2, -0.15) is 10.5 Å². The van der Waals surface area contributed by atoms with Crippen LogP contribution in [-0.2, 0) is 0 Å². The lowest BCUT2D eigenvalue weighted by Gasteiger charge is -2.45. The monoisotopic (exact) mass is 210 g/mol. The van der Waals surface area contributed by atoms with Crippen LogP contribution in [0.2, 0.25) is 0 Å². The maximum atomic E-state index is 8.87. The standard InChI is InChI=1S/C8H13N5P/c1-14-6-11(2-9)4-13(8-14)5-12(3-10)7-14/h4-8H2,1H3/q+1.